The molecule has 0 aromatic carbocycles. The van der Waals surface area contributed by atoms with Gasteiger partial charge in [0.1, 0.15) is 5.15 Å². The molecule has 0 saturated carbocycles. The van der Waals surface area contributed by atoms with Gasteiger partial charge in [-0.25, -0.2) is 4.98 Å². The summed E-state index contributed by atoms with van der Waals surface area (Å²) >= 11 is 5.71. The molecule has 0 aliphatic carbocycles. The fraction of sp³-hybridized carbons (Fsp3) is 0.667. The van der Waals surface area contributed by atoms with E-state index in [1.807, 2.05) is 0 Å². The van der Waals surface area contributed by atoms with Crippen LogP contribution in [0.25, 0.3) is 0 Å². The molecule has 1 unspecified atom stereocenters. The first-order valence-corrected chi connectivity index (χ1v) is 6.48. The quantitative estimate of drug-likeness (QED) is 0.873. The molecule has 17 heavy (non-hydrogen) atoms. The highest BCUT2D eigenvalue weighted by Gasteiger charge is 2.24. The van der Waals surface area contributed by atoms with Crippen LogP contribution in [0.5, 0.6) is 0 Å². The molecule has 1 atom stereocenters. The standard InChI is InChI=1S/C12H18ClN3O/c13-12-8-14-10(7-15-12)9-16-5-1-3-11(16)4-2-6-17/h7-8,11,17H,1-6,9H2. The number of nitrogens with zero attached hydrogens (tertiary/aromatic N) is 3. The Morgan fingerprint density at radius 3 is 3.00 bits per heavy atom. The minimum atomic E-state index is 0.283. The van der Waals surface area contributed by atoms with Gasteiger partial charge in [-0.1, -0.05) is 11.6 Å². The summed E-state index contributed by atoms with van der Waals surface area (Å²) in [4.78, 5) is 10.7. The van der Waals surface area contributed by atoms with Gasteiger partial charge >= 0.3 is 0 Å². The number of hydrogen-bond acceptors (Lipinski definition) is 4. The van der Waals surface area contributed by atoms with E-state index in [9.17, 15) is 0 Å². The van der Waals surface area contributed by atoms with E-state index in [1.165, 1.54) is 12.8 Å². The second-order valence-electron chi connectivity index (χ2n) is 4.46. The largest absolute Gasteiger partial charge is 0.396 e. The Balaban J connectivity index is 1.90. The molecular weight excluding hydrogens is 238 g/mol. The van der Waals surface area contributed by atoms with Crippen LogP contribution in [-0.4, -0.2) is 39.2 Å². The van der Waals surface area contributed by atoms with Gasteiger partial charge < -0.3 is 5.11 Å². The van der Waals surface area contributed by atoms with Crippen LogP contribution in [0.2, 0.25) is 5.15 Å². The highest BCUT2D eigenvalue weighted by Crippen LogP contribution is 2.22. The van der Waals surface area contributed by atoms with Crippen molar-refractivity contribution in [3.05, 3.63) is 23.2 Å². The van der Waals surface area contributed by atoms with E-state index in [0.29, 0.717) is 11.2 Å². The first-order chi connectivity index (χ1) is 8.29. The highest BCUT2D eigenvalue weighted by atomic mass is 35.5. The van der Waals surface area contributed by atoms with E-state index >= 15 is 0 Å². The Morgan fingerprint density at radius 1 is 1.41 bits per heavy atom. The predicted octanol–water partition coefficient (Wildman–Crippen LogP) is 1.87. The Morgan fingerprint density at radius 2 is 2.29 bits per heavy atom. The molecule has 1 aliphatic rings. The molecule has 2 rings (SSSR count). The van der Waals surface area contributed by atoms with Crippen molar-refractivity contribution in [1.29, 1.82) is 0 Å². The van der Waals surface area contributed by atoms with Crippen LogP contribution in [0.1, 0.15) is 31.4 Å². The molecule has 1 fully saturated rings. The minimum Gasteiger partial charge on any atom is -0.396 e. The topological polar surface area (TPSA) is 49.2 Å². The highest BCUT2D eigenvalue weighted by molar-refractivity contribution is 6.29. The maximum atomic E-state index is 8.88. The molecule has 0 spiro atoms. The van der Waals surface area contributed by atoms with Crippen LogP contribution in [0.15, 0.2) is 12.4 Å². The summed E-state index contributed by atoms with van der Waals surface area (Å²) in [6.07, 6.45) is 7.74. The summed E-state index contributed by atoms with van der Waals surface area (Å²) in [7, 11) is 0. The SMILES string of the molecule is OCCCC1CCCN1Cc1cnc(Cl)cn1. The number of aliphatic hydroxyl groups is 1. The normalized spacial score (nSPS) is 20.9. The molecule has 1 saturated heterocycles. The smallest absolute Gasteiger partial charge is 0.147 e. The number of rotatable bonds is 5. The first-order valence-electron chi connectivity index (χ1n) is 6.11. The molecule has 1 aromatic rings. The van der Waals surface area contributed by atoms with Crippen molar-refractivity contribution < 1.29 is 5.11 Å². The van der Waals surface area contributed by atoms with Crippen LogP contribution in [0.4, 0.5) is 0 Å². The van der Waals surface area contributed by atoms with E-state index in [2.05, 4.69) is 14.9 Å². The number of aliphatic hydroxyl groups excluding tert-OH is 1. The molecule has 0 amide bonds. The molecule has 5 heteroatoms. The van der Waals surface area contributed by atoms with Crippen molar-refractivity contribution in [3.8, 4) is 0 Å². The van der Waals surface area contributed by atoms with Crippen LogP contribution < -0.4 is 0 Å². The average molecular weight is 256 g/mol. The number of halogens is 1. The molecule has 0 radical (unpaired) electrons. The Kier molecular flexibility index (Phi) is 4.71. The van der Waals surface area contributed by atoms with Gasteiger partial charge in [0.15, 0.2) is 0 Å². The summed E-state index contributed by atoms with van der Waals surface area (Å²) in [5.41, 5.74) is 0.963. The Labute approximate surface area is 107 Å². The fourth-order valence-corrected chi connectivity index (χ4v) is 2.48. The van der Waals surface area contributed by atoms with Gasteiger partial charge in [-0.05, 0) is 32.2 Å². The Hall–Kier alpha value is -0.710. The third-order valence-corrected chi connectivity index (χ3v) is 3.43. The van der Waals surface area contributed by atoms with Crippen molar-refractivity contribution in [2.45, 2.75) is 38.3 Å². The van der Waals surface area contributed by atoms with Crippen molar-refractivity contribution in [2.75, 3.05) is 13.2 Å². The van der Waals surface area contributed by atoms with E-state index in [1.54, 1.807) is 12.4 Å². The lowest BCUT2D eigenvalue weighted by molar-refractivity contribution is 0.208. The van der Waals surface area contributed by atoms with Gasteiger partial charge in [0.25, 0.3) is 0 Å². The van der Waals surface area contributed by atoms with E-state index in [0.717, 1.165) is 31.6 Å². The third kappa shape index (κ3) is 3.63. The van der Waals surface area contributed by atoms with Gasteiger partial charge in [0.2, 0.25) is 0 Å². The van der Waals surface area contributed by atoms with Crippen molar-refractivity contribution >= 4 is 11.6 Å². The van der Waals surface area contributed by atoms with E-state index < -0.39 is 0 Å². The van der Waals surface area contributed by atoms with E-state index in [4.69, 9.17) is 16.7 Å². The minimum absolute atomic E-state index is 0.283. The van der Waals surface area contributed by atoms with Gasteiger partial charge in [0, 0.05) is 19.2 Å². The van der Waals surface area contributed by atoms with Crippen molar-refractivity contribution in [3.63, 3.8) is 0 Å². The molecule has 1 aromatic heterocycles. The summed E-state index contributed by atoms with van der Waals surface area (Å²) < 4.78 is 0. The van der Waals surface area contributed by atoms with Gasteiger partial charge in [0.05, 0.1) is 18.1 Å². The van der Waals surface area contributed by atoms with Gasteiger partial charge in [-0.2, -0.15) is 0 Å². The van der Waals surface area contributed by atoms with Crippen LogP contribution in [0.3, 0.4) is 0 Å². The lowest BCUT2D eigenvalue weighted by Gasteiger charge is -2.23. The molecule has 94 valence electrons. The number of aromatic nitrogens is 2. The summed E-state index contributed by atoms with van der Waals surface area (Å²) in [5, 5.41) is 9.31. The summed E-state index contributed by atoms with van der Waals surface area (Å²) in [6.45, 7) is 2.23. The zero-order valence-electron chi connectivity index (χ0n) is 9.85. The molecule has 2 heterocycles. The van der Waals surface area contributed by atoms with Crippen LogP contribution >= 0.6 is 11.6 Å². The average Bonchev–Trinajstić information content (AvgIpc) is 2.77. The molecule has 4 nitrogen and oxygen atoms in total. The Bertz CT molecular complexity index is 344. The van der Waals surface area contributed by atoms with Gasteiger partial charge in [-0.15, -0.1) is 0 Å². The maximum absolute atomic E-state index is 8.88. The molecule has 1 aliphatic heterocycles. The van der Waals surface area contributed by atoms with Crippen molar-refractivity contribution in [2.24, 2.45) is 0 Å². The second-order valence-corrected chi connectivity index (χ2v) is 4.85. The second kappa shape index (κ2) is 6.28. The summed E-state index contributed by atoms with van der Waals surface area (Å²) in [6, 6.07) is 0.583. The number of hydrogen-bond donors (Lipinski definition) is 1. The maximum Gasteiger partial charge on any atom is 0.147 e. The zero-order valence-corrected chi connectivity index (χ0v) is 10.6. The van der Waals surface area contributed by atoms with Gasteiger partial charge in [-0.3, -0.25) is 9.88 Å². The fourth-order valence-electron chi connectivity index (χ4n) is 2.39. The van der Waals surface area contributed by atoms with Crippen molar-refractivity contribution in [1.82, 2.24) is 14.9 Å². The molecule has 0 bridgehead atoms. The zero-order chi connectivity index (χ0) is 12.1. The van der Waals surface area contributed by atoms with Crippen LogP contribution in [-0.2, 0) is 6.54 Å². The lowest BCUT2D eigenvalue weighted by Crippen LogP contribution is -2.29. The van der Waals surface area contributed by atoms with Crippen LogP contribution in [0, 0.1) is 0 Å². The first kappa shape index (κ1) is 12.7. The lowest BCUT2D eigenvalue weighted by atomic mass is 10.1. The predicted molar refractivity (Wildman–Crippen MR) is 66.8 cm³/mol. The number of likely N-dealkylation sites (tertiary alicyclic amines) is 1. The van der Waals surface area contributed by atoms with E-state index in [-0.39, 0.29) is 6.61 Å². The molecular formula is C12H18ClN3O. The molecule has 1 N–H and O–H groups in total. The third-order valence-electron chi connectivity index (χ3n) is 3.23. The summed E-state index contributed by atoms with van der Waals surface area (Å²) in [5.74, 6) is 0. The monoisotopic (exact) mass is 255 g/mol.